The van der Waals surface area contributed by atoms with E-state index in [4.69, 9.17) is 16.3 Å². The number of carbonyl (C=O) groups excluding carboxylic acids is 3. The number of non-ortho nitro benzene ring substituents is 1. The Morgan fingerprint density at radius 2 is 1.60 bits per heavy atom. The van der Waals surface area contributed by atoms with E-state index in [2.05, 4.69) is 0 Å². The second-order valence-corrected chi connectivity index (χ2v) is 9.62. The fourth-order valence-corrected chi connectivity index (χ4v) is 5.13. The quantitative estimate of drug-likeness (QED) is 0.144. The molecule has 2 unspecified atom stereocenters. The molecule has 9 heteroatoms. The zero-order chi connectivity index (χ0) is 28.4. The third kappa shape index (κ3) is 4.97. The summed E-state index contributed by atoms with van der Waals surface area (Å²) in [6.07, 6.45) is 4.77. The summed E-state index contributed by atoms with van der Waals surface area (Å²) in [6, 6.07) is 20.2. The molecule has 3 aromatic rings. The van der Waals surface area contributed by atoms with Gasteiger partial charge in [0.1, 0.15) is 6.04 Å². The summed E-state index contributed by atoms with van der Waals surface area (Å²) < 4.78 is 5.44. The molecule has 2 aliphatic heterocycles. The maximum absolute atomic E-state index is 14.0. The van der Waals surface area contributed by atoms with Crippen molar-refractivity contribution >= 4 is 34.8 Å². The van der Waals surface area contributed by atoms with Gasteiger partial charge in [-0.05, 0) is 61.0 Å². The summed E-state index contributed by atoms with van der Waals surface area (Å²) >= 11 is 6.06. The van der Waals surface area contributed by atoms with Crippen LogP contribution in [-0.4, -0.2) is 40.0 Å². The highest BCUT2D eigenvalue weighted by molar-refractivity contribution is 6.30. The van der Waals surface area contributed by atoms with Crippen LogP contribution in [0.5, 0.6) is 0 Å². The van der Waals surface area contributed by atoms with Crippen molar-refractivity contribution in [2.24, 2.45) is 0 Å². The van der Waals surface area contributed by atoms with Gasteiger partial charge in [-0.3, -0.25) is 19.7 Å². The number of allylic oxidation sites excluding steroid dienone is 3. The number of nitro benzene ring substituents is 1. The fraction of sp³-hybridized carbons (Fsp3) is 0.129. The molecule has 0 saturated heterocycles. The number of rotatable bonds is 8. The molecule has 0 aromatic heterocycles. The molecule has 2 aliphatic rings. The standard InChI is InChI=1S/C31H23ClN2O6/c1-2-40-31(37)27-25-18-22(29(35)20-10-14-24(15-11-20)34(38)39)16-17-33(25)28(26(27)19-6-4-3-5-7-19)30(36)21-8-12-23(32)13-9-21/h3-18,26,28H,2H2,1H3. The molecule has 200 valence electrons. The molecule has 0 fully saturated rings. The summed E-state index contributed by atoms with van der Waals surface area (Å²) in [4.78, 5) is 53.0. The Hall–Kier alpha value is -4.82. The normalized spacial score (nSPS) is 17.8. The molecule has 8 nitrogen and oxygen atoms in total. The van der Waals surface area contributed by atoms with Crippen molar-refractivity contribution in [3.05, 3.63) is 146 Å². The molecule has 5 rings (SSSR count). The Balaban J connectivity index is 1.63. The Morgan fingerprint density at radius 3 is 2.23 bits per heavy atom. The number of hydrogen-bond acceptors (Lipinski definition) is 7. The van der Waals surface area contributed by atoms with Gasteiger partial charge in [0, 0.05) is 46.0 Å². The molecule has 0 spiro atoms. The van der Waals surface area contributed by atoms with Crippen LogP contribution in [0.15, 0.2) is 114 Å². The van der Waals surface area contributed by atoms with E-state index in [0.29, 0.717) is 16.3 Å². The first kappa shape index (κ1) is 26.8. The van der Waals surface area contributed by atoms with Gasteiger partial charge in [-0.25, -0.2) is 4.79 Å². The van der Waals surface area contributed by atoms with Crippen molar-refractivity contribution in [1.82, 2.24) is 4.90 Å². The van der Waals surface area contributed by atoms with Gasteiger partial charge in [0.2, 0.25) is 0 Å². The van der Waals surface area contributed by atoms with Crippen LogP contribution in [0.3, 0.4) is 0 Å². The Labute approximate surface area is 235 Å². The number of nitro groups is 1. The van der Waals surface area contributed by atoms with Crippen LogP contribution in [0.4, 0.5) is 5.69 Å². The number of esters is 1. The number of halogens is 1. The third-order valence-corrected chi connectivity index (χ3v) is 7.09. The molecule has 40 heavy (non-hydrogen) atoms. The highest BCUT2D eigenvalue weighted by Crippen LogP contribution is 2.45. The van der Waals surface area contributed by atoms with Gasteiger partial charge in [-0.2, -0.15) is 0 Å². The Bertz CT molecular complexity index is 1590. The first-order chi connectivity index (χ1) is 19.3. The van der Waals surface area contributed by atoms with Crippen LogP contribution < -0.4 is 0 Å². The SMILES string of the molecule is CCOC(=O)C1=C2C=C(C(=O)c3ccc([N+](=O)[O-])cc3)C=CN2C(C(=O)c2ccc(Cl)cc2)C1c1ccccc1. The number of hydrogen-bond donors (Lipinski definition) is 0. The number of Topliss-reactive ketones (excluding diaryl/α,β-unsaturated/α-hetero) is 2. The minimum absolute atomic E-state index is 0.126. The molecular formula is C31H23ClN2O6. The number of ether oxygens (including phenoxy) is 1. The molecule has 2 heterocycles. The van der Waals surface area contributed by atoms with E-state index in [-0.39, 0.29) is 40.6 Å². The van der Waals surface area contributed by atoms with E-state index in [1.165, 1.54) is 24.3 Å². The lowest BCUT2D eigenvalue weighted by Crippen LogP contribution is -2.38. The summed E-state index contributed by atoms with van der Waals surface area (Å²) in [5.41, 5.74) is 2.18. The van der Waals surface area contributed by atoms with Crippen molar-refractivity contribution in [3.8, 4) is 0 Å². The predicted molar refractivity (Wildman–Crippen MR) is 149 cm³/mol. The van der Waals surface area contributed by atoms with Crippen LogP contribution in [-0.2, 0) is 9.53 Å². The minimum Gasteiger partial charge on any atom is -0.463 e. The molecule has 0 radical (unpaired) electrons. The largest absolute Gasteiger partial charge is 0.463 e. The zero-order valence-electron chi connectivity index (χ0n) is 21.3. The van der Waals surface area contributed by atoms with Crippen molar-refractivity contribution in [1.29, 1.82) is 0 Å². The molecule has 0 bridgehead atoms. The molecule has 0 amide bonds. The average molecular weight is 555 g/mol. The maximum atomic E-state index is 14.0. The molecule has 0 N–H and O–H groups in total. The lowest BCUT2D eigenvalue weighted by Gasteiger charge is -2.30. The van der Waals surface area contributed by atoms with Crippen molar-refractivity contribution in [3.63, 3.8) is 0 Å². The van der Waals surface area contributed by atoms with E-state index in [1.54, 1.807) is 54.4 Å². The van der Waals surface area contributed by atoms with Crippen molar-refractivity contribution in [2.75, 3.05) is 6.61 Å². The van der Waals surface area contributed by atoms with E-state index >= 15 is 0 Å². The van der Waals surface area contributed by atoms with Gasteiger partial charge >= 0.3 is 5.97 Å². The summed E-state index contributed by atoms with van der Waals surface area (Å²) in [7, 11) is 0. The molecular weight excluding hydrogens is 532 g/mol. The van der Waals surface area contributed by atoms with E-state index < -0.39 is 22.9 Å². The number of ketones is 2. The molecule has 0 aliphatic carbocycles. The highest BCUT2D eigenvalue weighted by atomic mass is 35.5. The van der Waals surface area contributed by atoms with Gasteiger partial charge in [0.25, 0.3) is 5.69 Å². The Morgan fingerprint density at radius 1 is 0.950 bits per heavy atom. The van der Waals surface area contributed by atoms with Gasteiger partial charge in [-0.1, -0.05) is 41.9 Å². The number of fused-ring (bicyclic) bond motifs is 1. The van der Waals surface area contributed by atoms with Gasteiger partial charge in [0.05, 0.1) is 22.8 Å². The second kappa shape index (κ2) is 11.1. The van der Waals surface area contributed by atoms with Gasteiger partial charge in [-0.15, -0.1) is 0 Å². The summed E-state index contributed by atoms with van der Waals surface area (Å²) in [5.74, 6) is -1.89. The smallest absolute Gasteiger partial charge is 0.336 e. The summed E-state index contributed by atoms with van der Waals surface area (Å²) in [5, 5.41) is 11.5. The lowest BCUT2D eigenvalue weighted by atomic mass is 9.83. The van der Waals surface area contributed by atoms with Gasteiger partial charge in [0.15, 0.2) is 11.6 Å². The number of nitrogens with zero attached hydrogens (tertiary/aromatic N) is 2. The van der Waals surface area contributed by atoms with Crippen molar-refractivity contribution < 1.29 is 24.0 Å². The van der Waals surface area contributed by atoms with Crippen LogP contribution in [0.25, 0.3) is 0 Å². The monoisotopic (exact) mass is 554 g/mol. The van der Waals surface area contributed by atoms with Crippen molar-refractivity contribution in [2.45, 2.75) is 18.9 Å². The summed E-state index contributed by atoms with van der Waals surface area (Å²) in [6.45, 7) is 1.82. The fourth-order valence-electron chi connectivity index (χ4n) is 5.00. The van der Waals surface area contributed by atoms with Crippen LogP contribution in [0.1, 0.15) is 39.1 Å². The maximum Gasteiger partial charge on any atom is 0.336 e. The molecule has 3 aromatic carbocycles. The zero-order valence-corrected chi connectivity index (χ0v) is 22.1. The average Bonchev–Trinajstić information content (AvgIpc) is 3.32. The third-order valence-electron chi connectivity index (χ3n) is 6.84. The van der Waals surface area contributed by atoms with Crippen LogP contribution >= 0.6 is 11.6 Å². The van der Waals surface area contributed by atoms with E-state index in [9.17, 15) is 24.5 Å². The first-order valence-corrected chi connectivity index (χ1v) is 12.9. The Kier molecular flexibility index (Phi) is 7.44. The number of carbonyl (C=O) groups is 3. The topological polar surface area (TPSA) is 107 Å². The second-order valence-electron chi connectivity index (χ2n) is 9.18. The highest BCUT2D eigenvalue weighted by Gasteiger charge is 2.48. The minimum atomic E-state index is -0.832. The lowest BCUT2D eigenvalue weighted by molar-refractivity contribution is -0.384. The van der Waals surface area contributed by atoms with E-state index in [1.807, 2.05) is 30.3 Å². The van der Waals surface area contributed by atoms with Crippen LogP contribution in [0.2, 0.25) is 5.02 Å². The molecule has 0 saturated carbocycles. The molecule has 2 atom stereocenters. The predicted octanol–water partition coefficient (Wildman–Crippen LogP) is 6.05. The first-order valence-electron chi connectivity index (χ1n) is 12.5. The van der Waals surface area contributed by atoms with Crippen LogP contribution in [0, 0.1) is 10.1 Å². The van der Waals surface area contributed by atoms with Gasteiger partial charge < -0.3 is 9.64 Å². The van der Waals surface area contributed by atoms with E-state index in [0.717, 1.165) is 5.56 Å². The number of benzene rings is 3.